The Morgan fingerprint density at radius 2 is 1.45 bits per heavy atom. The van der Waals surface area contributed by atoms with Gasteiger partial charge in [0.25, 0.3) is 17.4 Å². The van der Waals surface area contributed by atoms with Crippen molar-refractivity contribution in [3.05, 3.63) is 88.2 Å². The minimum absolute atomic E-state index is 0.190. The Balaban J connectivity index is 1.44. The van der Waals surface area contributed by atoms with Crippen molar-refractivity contribution < 1.29 is 14.1 Å². The summed E-state index contributed by atoms with van der Waals surface area (Å²) < 4.78 is 6.34. The Morgan fingerprint density at radius 1 is 0.848 bits per heavy atom. The van der Waals surface area contributed by atoms with E-state index in [2.05, 4.69) is 10.3 Å². The molecule has 0 radical (unpaired) electrons. The third-order valence-corrected chi connectivity index (χ3v) is 5.70. The molecule has 4 aromatic rings. The van der Waals surface area contributed by atoms with Crippen molar-refractivity contribution in [1.82, 2.24) is 24.7 Å². The van der Waals surface area contributed by atoms with Gasteiger partial charge in [-0.3, -0.25) is 14.4 Å². The molecule has 1 saturated heterocycles. The highest BCUT2D eigenvalue weighted by atomic mass is 16.5. The van der Waals surface area contributed by atoms with Crippen LogP contribution in [-0.2, 0) is 0 Å². The van der Waals surface area contributed by atoms with Gasteiger partial charge in [-0.1, -0.05) is 41.6 Å². The first-order chi connectivity index (χ1) is 16.0. The number of fused-ring (bicyclic) bond motifs is 1. The van der Waals surface area contributed by atoms with Crippen LogP contribution in [-0.4, -0.2) is 62.7 Å². The van der Waals surface area contributed by atoms with Gasteiger partial charge in [-0.05, 0) is 25.1 Å². The van der Waals surface area contributed by atoms with Gasteiger partial charge in [-0.15, -0.1) is 0 Å². The fraction of sp³-hybridized carbons (Fsp3) is 0.208. The van der Waals surface area contributed by atoms with Crippen LogP contribution in [0.5, 0.6) is 0 Å². The SMILES string of the molecule is Cc1cc(C(=O)N2CCN(C(=O)c3nn(-c4ccccc4)c(=O)c4ccccc34)CC2)on1. The van der Waals surface area contributed by atoms with Gasteiger partial charge >= 0.3 is 0 Å². The first-order valence-corrected chi connectivity index (χ1v) is 10.6. The van der Waals surface area contributed by atoms with Crippen LogP contribution in [0.2, 0.25) is 0 Å². The van der Waals surface area contributed by atoms with Crippen LogP contribution in [0.25, 0.3) is 16.5 Å². The fourth-order valence-corrected chi connectivity index (χ4v) is 3.97. The van der Waals surface area contributed by atoms with E-state index in [4.69, 9.17) is 4.52 Å². The van der Waals surface area contributed by atoms with E-state index in [0.29, 0.717) is 48.3 Å². The van der Waals surface area contributed by atoms with E-state index in [9.17, 15) is 14.4 Å². The molecule has 2 aromatic heterocycles. The first kappa shape index (κ1) is 20.6. The molecule has 166 valence electrons. The molecule has 0 saturated carbocycles. The number of aryl methyl sites for hydroxylation is 1. The van der Waals surface area contributed by atoms with Gasteiger partial charge in [0, 0.05) is 37.6 Å². The standard InChI is InChI=1S/C24H21N5O4/c1-16-15-20(33-26-16)23(31)27-11-13-28(14-12-27)24(32)21-18-9-5-6-10-19(18)22(30)29(25-21)17-7-3-2-4-8-17/h2-10,15H,11-14H2,1H3. The summed E-state index contributed by atoms with van der Waals surface area (Å²) >= 11 is 0. The summed E-state index contributed by atoms with van der Waals surface area (Å²) in [6, 6.07) is 17.6. The number of hydrogen-bond donors (Lipinski definition) is 0. The van der Waals surface area contributed by atoms with E-state index in [1.165, 1.54) is 4.68 Å². The summed E-state index contributed by atoms with van der Waals surface area (Å²) in [7, 11) is 0. The van der Waals surface area contributed by atoms with Gasteiger partial charge < -0.3 is 14.3 Å². The number of hydrogen-bond acceptors (Lipinski definition) is 6. The van der Waals surface area contributed by atoms with Crippen LogP contribution in [0.1, 0.15) is 26.7 Å². The summed E-state index contributed by atoms with van der Waals surface area (Å²) in [5.74, 6) is -0.336. The second-order valence-electron chi connectivity index (χ2n) is 7.86. The molecule has 0 spiro atoms. The molecular formula is C24H21N5O4. The second kappa shape index (κ2) is 8.34. The third-order valence-electron chi connectivity index (χ3n) is 5.70. The van der Waals surface area contributed by atoms with Gasteiger partial charge in [-0.2, -0.15) is 9.78 Å². The molecule has 9 heteroatoms. The van der Waals surface area contributed by atoms with Crippen molar-refractivity contribution >= 4 is 22.6 Å². The number of nitrogens with zero attached hydrogens (tertiary/aromatic N) is 5. The van der Waals surface area contributed by atoms with Crippen molar-refractivity contribution in [1.29, 1.82) is 0 Å². The molecule has 0 atom stereocenters. The topological polar surface area (TPSA) is 102 Å². The van der Waals surface area contributed by atoms with Crippen LogP contribution in [0.3, 0.4) is 0 Å². The smallest absolute Gasteiger partial charge is 0.292 e. The second-order valence-corrected chi connectivity index (χ2v) is 7.86. The normalized spacial score (nSPS) is 14.0. The highest BCUT2D eigenvalue weighted by Gasteiger charge is 2.29. The van der Waals surface area contributed by atoms with E-state index in [1.54, 1.807) is 59.2 Å². The Kier molecular flexibility index (Phi) is 5.21. The molecule has 0 unspecified atom stereocenters. The zero-order valence-electron chi connectivity index (χ0n) is 18.0. The molecule has 9 nitrogen and oxygen atoms in total. The fourth-order valence-electron chi connectivity index (χ4n) is 3.97. The van der Waals surface area contributed by atoms with Crippen LogP contribution >= 0.6 is 0 Å². The van der Waals surface area contributed by atoms with E-state index < -0.39 is 0 Å². The number of carbonyl (C=O) groups is 2. The molecule has 1 aliphatic heterocycles. The predicted molar refractivity (Wildman–Crippen MR) is 120 cm³/mol. The van der Waals surface area contributed by atoms with E-state index >= 15 is 0 Å². The van der Waals surface area contributed by atoms with Crippen LogP contribution in [0.15, 0.2) is 70.0 Å². The Bertz CT molecular complexity index is 1400. The quantitative estimate of drug-likeness (QED) is 0.482. The lowest BCUT2D eigenvalue weighted by atomic mass is 10.1. The van der Waals surface area contributed by atoms with Gasteiger partial charge in [0.15, 0.2) is 5.69 Å². The minimum atomic E-state index is -0.286. The maximum absolute atomic E-state index is 13.5. The van der Waals surface area contributed by atoms with Gasteiger partial charge in [0.05, 0.1) is 16.8 Å². The monoisotopic (exact) mass is 443 g/mol. The van der Waals surface area contributed by atoms with Crippen LogP contribution in [0.4, 0.5) is 0 Å². The Morgan fingerprint density at radius 3 is 2.09 bits per heavy atom. The zero-order chi connectivity index (χ0) is 22.9. The van der Waals surface area contributed by atoms with Gasteiger partial charge in [-0.25, -0.2) is 0 Å². The number of benzene rings is 2. The molecule has 2 amide bonds. The summed E-state index contributed by atoms with van der Waals surface area (Å²) in [6.07, 6.45) is 0. The molecule has 33 heavy (non-hydrogen) atoms. The Labute approximate surface area is 188 Å². The van der Waals surface area contributed by atoms with Crippen molar-refractivity contribution in [3.63, 3.8) is 0 Å². The number of para-hydroxylation sites is 1. The molecular weight excluding hydrogens is 422 g/mol. The number of piperazine rings is 1. The van der Waals surface area contributed by atoms with Crippen LogP contribution < -0.4 is 5.56 Å². The van der Waals surface area contributed by atoms with E-state index in [1.807, 2.05) is 18.2 Å². The maximum Gasteiger partial charge on any atom is 0.292 e. The average Bonchev–Trinajstić information content (AvgIpc) is 3.30. The highest BCUT2D eigenvalue weighted by Crippen LogP contribution is 2.18. The lowest BCUT2D eigenvalue weighted by Crippen LogP contribution is -2.51. The molecule has 5 rings (SSSR count). The predicted octanol–water partition coefficient (Wildman–Crippen LogP) is 2.28. The highest BCUT2D eigenvalue weighted by molar-refractivity contribution is 6.05. The van der Waals surface area contributed by atoms with Gasteiger partial charge in [0.2, 0.25) is 5.76 Å². The average molecular weight is 443 g/mol. The van der Waals surface area contributed by atoms with Crippen molar-refractivity contribution in [3.8, 4) is 5.69 Å². The molecule has 0 N–H and O–H groups in total. The maximum atomic E-state index is 13.5. The molecule has 0 bridgehead atoms. The summed E-state index contributed by atoms with van der Waals surface area (Å²) in [5, 5.41) is 9.16. The third kappa shape index (κ3) is 3.78. The van der Waals surface area contributed by atoms with Crippen molar-refractivity contribution in [2.24, 2.45) is 0 Å². The summed E-state index contributed by atoms with van der Waals surface area (Å²) in [4.78, 5) is 42.4. The van der Waals surface area contributed by atoms with Crippen LogP contribution in [0, 0.1) is 6.92 Å². The largest absolute Gasteiger partial charge is 0.351 e. The summed E-state index contributed by atoms with van der Waals surface area (Å²) in [6.45, 7) is 3.17. The molecule has 1 aliphatic rings. The van der Waals surface area contributed by atoms with Crippen molar-refractivity contribution in [2.45, 2.75) is 6.92 Å². The number of aromatic nitrogens is 3. The van der Waals surface area contributed by atoms with Crippen molar-refractivity contribution in [2.75, 3.05) is 26.2 Å². The molecule has 1 fully saturated rings. The minimum Gasteiger partial charge on any atom is -0.351 e. The zero-order valence-corrected chi connectivity index (χ0v) is 18.0. The van der Waals surface area contributed by atoms with Gasteiger partial charge in [0.1, 0.15) is 0 Å². The first-order valence-electron chi connectivity index (χ1n) is 10.6. The Hall–Kier alpha value is -4.27. The number of amides is 2. The van der Waals surface area contributed by atoms with E-state index in [-0.39, 0.29) is 28.8 Å². The number of rotatable bonds is 3. The molecule has 3 heterocycles. The lowest BCUT2D eigenvalue weighted by Gasteiger charge is -2.34. The number of carbonyl (C=O) groups excluding carboxylic acids is 2. The summed E-state index contributed by atoms with van der Waals surface area (Å²) in [5.41, 5.74) is 1.14. The molecule has 2 aromatic carbocycles. The molecule has 0 aliphatic carbocycles. The lowest BCUT2D eigenvalue weighted by molar-refractivity contribution is 0.0510. The van der Waals surface area contributed by atoms with E-state index in [0.717, 1.165) is 0 Å².